The Morgan fingerprint density at radius 2 is 2.00 bits per heavy atom. The lowest BCUT2D eigenvalue weighted by atomic mass is 9.99. The van der Waals surface area contributed by atoms with E-state index in [1.807, 2.05) is 38.1 Å². The number of rotatable bonds is 2. The highest BCUT2D eigenvalue weighted by Gasteiger charge is 2.26. The van der Waals surface area contributed by atoms with Gasteiger partial charge in [-0.1, -0.05) is 44.7 Å². The fourth-order valence-electron chi connectivity index (χ4n) is 2.08. The van der Waals surface area contributed by atoms with E-state index in [4.69, 9.17) is 11.3 Å². The Morgan fingerprint density at radius 1 is 1.38 bits per heavy atom. The summed E-state index contributed by atoms with van der Waals surface area (Å²) in [6.07, 6.45) is 1.63. The molecule has 2 rings (SSSR count). The summed E-state index contributed by atoms with van der Waals surface area (Å²) >= 11 is 0. The van der Waals surface area contributed by atoms with Crippen LogP contribution in [0.25, 0.3) is 5.57 Å². The van der Waals surface area contributed by atoms with Crippen molar-refractivity contribution in [3.63, 3.8) is 0 Å². The van der Waals surface area contributed by atoms with Gasteiger partial charge in [-0.05, 0) is 6.07 Å². The average Bonchev–Trinajstić information content (AvgIpc) is 2.88. The Kier molecular flexibility index (Phi) is 5.87. The molecule has 0 radical (unpaired) electrons. The lowest BCUT2D eigenvalue weighted by Gasteiger charge is -2.16. The van der Waals surface area contributed by atoms with Crippen molar-refractivity contribution in [1.29, 1.82) is 5.41 Å². The minimum atomic E-state index is 0.199. The van der Waals surface area contributed by atoms with Crippen molar-refractivity contribution in [2.24, 2.45) is 10.8 Å². The minimum absolute atomic E-state index is 0.199. The molecule has 0 bridgehead atoms. The standard InChI is InChI=1S/C14H17N5.C2H6/c1-4-9(13(15)19(3)16)12-10-7-5-6-8-11(10)18-14(12)17-2;1-2/h4-8,15H,1,16H2,2-3H3,(H,17,18);1-2H3/b12-9+,15-13?;. The number of benzene rings is 1. The zero-order valence-electron chi connectivity index (χ0n) is 13.1. The van der Waals surface area contributed by atoms with Crippen LogP contribution in [0.1, 0.15) is 19.4 Å². The van der Waals surface area contributed by atoms with Crippen molar-refractivity contribution >= 4 is 22.9 Å². The van der Waals surface area contributed by atoms with Gasteiger partial charge in [0.05, 0.1) is 0 Å². The third kappa shape index (κ3) is 3.20. The number of aliphatic imine (C=N–C) groups is 1. The van der Waals surface area contributed by atoms with E-state index in [0.717, 1.165) is 22.7 Å². The number of para-hydroxylation sites is 1. The smallest absolute Gasteiger partial charge is 0.142 e. The molecule has 1 aromatic carbocycles. The monoisotopic (exact) mass is 285 g/mol. The predicted octanol–water partition coefficient (Wildman–Crippen LogP) is 2.89. The Hall–Kier alpha value is -2.40. The van der Waals surface area contributed by atoms with Crippen LogP contribution in [0.4, 0.5) is 5.69 Å². The third-order valence-electron chi connectivity index (χ3n) is 2.99. The number of nitrogens with zero attached hydrogens (tertiary/aromatic N) is 2. The molecule has 0 atom stereocenters. The minimum Gasteiger partial charge on any atom is -0.339 e. The van der Waals surface area contributed by atoms with Gasteiger partial charge in [0.2, 0.25) is 0 Å². The molecule has 0 fully saturated rings. The van der Waals surface area contributed by atoms with Crippen LogP contribution in [-0.2, 0) is 0 Å². The first-order valence-electron chi connectivity index (χ1n) is 6.87. The summed E-state index contributed by atoms with van der Waals surface area (Å²) < 4.78 is 0. The van der Waals surface area contributed by atoms with Gasteiger partial charge < -0.3 is 5.32 Å². The normalized spacial score (nSPS) is 16.3. The van der Waals surface area contributed by atoms with Crippen LogP contribution in [0, 0.1) is 5.41 Å². The van der Waals surface area contributed by atoms with Gasteiger partial charge in [-0.25, -0.2) is 5.84 Å². The van der Waals surface area contributed by atoms with Gasteiger partial charge in [0, 0.05) is 36.5 Å². The maximum atomic E-state index is 8.06. The Balaban J connectivity index is 0.00000106. The summed E-state index contributed by atoms with van der Waals surface area (Å²) in [6.45, 7) is 7.79. The average molecular weight is 285 g/mol. The topological polar surface area (TPSA) is 77.5 Å². The van der Waals surface area contributed by atoms with Gasteiger partial charge in [0.1, 0.15) is 11.7 Å². The molecule has 21 heavy (non-hydrogen) atoms. The van der Waals surface area contributed by atoms with E-state index in [1.165, 1.54) is 5.01 Å². The van der Waals surface area contributed by atoms with Gasteiger partial charge in [-0.2, -0.15) is 0 Å². The Labute approximate surface area is 126 Å². The number of nitrogens with one attached hydrogen (secondary N) is 2. The van der Waals surface area contributed by atoms with E-state index in [9.17, 15) is 0 Å². The first-order chi connectivity index (χ1) is 10.1. The summed E-state index contributed by atoms with van der Waals surface area (Å²) in [5, 5.41) is 12.6. The van der Waals surface area contributed by atoms with Crippen molar-refractivity contribution in [3.8, 4) is 0 Å². The number of fused-ring (bicyclic) bond motifs is 1. The van der Waals surface area contributed by atoms with E-state index in [-0.39, 0.29) is 5.84 Å². The highest BCUT2D eigenvalue weighted by molar-refractivity contribution is 6.38. The molecule has 1 heterocycles. The molecular formula is C16H23N5. The highest BCUT2D eigenvalue weighted by Crippen LogP contribution is 2.34. The summed E-state index contributed by atoms with van der Waals surface area (Å²) in [4.78, 5) is 4.24. The van der Waals surface area contributed by atoms with E-state index in [0.29, 0.717) is 5.57 Å². The molecule has 0 amide bonds. The fourth-order valence-corrected chi connectivity index (χ4v) is 2.08. The molecule has 0 aliphatic carbocycles. The molecule has 0 spiro atoms. The molecule has 112 valence electrons. The van der Waals surface area contributed by atoms with Gasteiger partial charge in [-0.3, -0.25) is 15.4 Å². The van der Waals surface area contributed by atoms with Crippen LogP contribution < -0.4 is 11.2 Å². The molecule has 0 saturated heterocycles. The third-order valence-corrected chi connectivity index (χ3v) is 2.99. The molecular weight excluding hydrogens is 262 g/mol. The summed E-state index contributed by atoms with van der Waals surface area (Å²) in [6, 6.07) is 7.87. The number of nitrogens with two attached hydrogens (primary N) is 1. The molecule has 1 aliphatic heterocycles. The molecule has 5 nitrogen and oxygen atoms in total. The van der Waals surface area contributed by atoms with Crippen molar-refractivity contribution in [2.45, 2.75) is 13.8 Å². The zero-order chi connectivity index (χ0) is 16.0. The first kappa shape index (κ1) is 16.7. The largest absolute Gasteiger partial charge is 0.339 e. The second kappa shape index (κ2) is 7.40. The van der Waals surface area contributed by atoms with E-state index in [1.54, 1.807) is 20.2 Å². The van der Waals surface area contributed by atoms with Crippen molar-refractivity contribution in [3.05, 3.63) is 48.1 Å². The fraction of sp³-hybridized carbons (Fsp3) is 0.250. The van der Waals surface area contributed by atoms with E-state index in [2.05, 4.69) is 16.9 Å². The van der Waals surface area contributed by atoms with Crippen LogP contribution >= 0.6 is 0 Å². The summed E-state index contributed by atoms with van der Waals surface area (Å²) in [7, 11) is 3.34. The predicted molar refractivity (Wildman–Crippen MR) is 91.6 cm³/mol. The van der Waals surface area contributed by atoms with Crippen LogP contribution in [0.15, 0.2) is 47.5 Å². The van der Waals surface area contributed by atoms with Gasteiger partial charge in [-0.15, -0.1) is 0 Å². The van der Waals surface area contributed by atoms with E-state index < -0.39 is 0 Å². The first-order valence-corrected chi connectivity index (χ1v) is 6.87. The van der Waals surface area contributed by atoms with Crippen LogP contribution in [0.3, 0.4) is 0 Å². The molecule has 4 N–H and O–H groups in total. The molecule has 5 heteroatoms. The number of amidine groups is 2. The maximum Gasteiger partial charge on any atom is 0.142 e. The molecule has 1 aromatic rings. The second-order valence-corrected chi connectivity index (χ2v) is 4.20. The van der Waals surface area contributed by atoms with Gasteiger partial charge in [0.25, 0.3) is 0 Å². The molecule has 0 aromatic heterocycles. The number of hydrogen-bond acceptors (Lipinski definition) is 3. The molecule has 1 aliphatic rings. The van der Waals surface area contributed by atoms with E-state index >= 15 is 0 Å². The SMILES string of the molecule is C=C/C(C(=N)N(C)N)=C1\C(=NC)Nc2ccccc21.CC. The lowest BCUT2D eigenvalue weighted by Crippen LogP contribution is -2.34. The van der Waals surface area contributed by atoms with Gasteiger partial charge in [0.15, 0.2) is 0 Å². The van der Waals surface area contributed by atoms with Crippen LogP contribution in [0.5, 0.6) is 0 Å². The number of likely N-dealkylation sites (N-methyl/N-ethyl adjacent to an activating group) is 1. The van der Waals surface area contributed by atoms with Crippen LogP contribution in [0.2, 0.25) is 0 Å². The van der Waals surface area contributed by atoms with Crippen LogP contribution in [-0.4, -0.2) is 30.8 Å². The number of anilines is 1. The Bertz CT molecular complexity index is 596. The number of hydrazine groups is 1. The second-order valence-electron chi connectivity index (χ2n) is 4.20. The Morgan fingerprint density at radius 3 is 2.52 bits per heavy atom. The number of hydrogen-bond donors (Lipinski definition) is 3. The quantitative estimate of drug-likeness (QED) is 0.338. The van der Waals surface area contributed by atoms with Gasteiger partial charge >= 0.3 is 0 Å². The summed E-state index contributed by atoms with van der Waals surface area (Å²) in [5.41, 5.74) is 3.49. The summed E-state index contributed by atoms with van der Waals surface area (Å²) in [5.74, 6) is 6.58. The van der Waals surface area contributed by atoms with Crippen molar-refractivity contribution < 1.29 is 0 Å². The van der Waals surface area contributed by atoms with Crippen molar-refractivity contribution in [1.82, 2.24) is 5.01 Å². The van der Waals surface area contributed by atoms with Crippen molar-refractivity contribution in [2.75, 3.05) is 19.4 Å². The lowest BCUT2D eigenvalue weighted by molar-refractivity contribution is 0.536. The molecule has 0 unspecified atom stereocenters. The highest BCUT2D eigenvalue weighted by atomic mass is 15.4. The molecule has 0 saturated carbocycles. The maximum absolute atomic E-state index is 8.06. The zero-order valence-corrected chi connectivity index (χ0v) is 13.1.